The van der Waals surface area contributed by atoms with Crippen molar-refractivity contribution in [2.75, 3.05) is 26.2 Å². The highest BCUT2D eigenvalue weighted by Crippen LogP contribution is 2.23. The first-order valence-corrected chi connectivity index (χ1v) is 9.69. The summed E-state index contributed by atoms with van der Waals surface area (Å²) in [5.41, 5.74) is -1.27. The van der Waals surface area contributed by atoms with E-state index < -0.39 is 21.3 Å². The number of aromatic amines is 2. The summed E-state index contributed by atoms with van der Waals surface area (Å²) in [5, 5.41) is 3.33. The maximum Gasteiger partial charge on any atom is 0.327 e. The Labute approximate surface area is 156 Å². The van der Waals surface area contributed by atoms with E-state index in [-0.39, 0.29) is 28.3 Å². The van der Waals surface area contributed by atoms with Crippen LogP contribution in [0.15, 0.2) is 26.7 Å². The monoisotopic (exact) mass is 403 g/mol. The second-order valence-electron chi connectivity index (χ2n) is 6.13. The van der Waals surface area contributed by atoms with Crippen LogP contribution in [0.25, 0.3) is 11.0 Å². The number of halogens is 1. The molecule has 0 aromatic carbocycles. The van der Waals surface area contributed by atoms with Crippen molar-refractivity contribution in [1.29, 1.82) is 0 Å². The first kappa shape index (κ1) is 20.6. The normalized spacial score (nSPS) is 16.5. The third-order valence-corrected chi connectivity index (χ3v) is 6.32. The molecule has 0 saturated carbocycles. The largest absolute Gasteiger partial charge is 0.327 e. The number of aromatic nitrogens is 3. The van der Waals surface area contributed by atoms with Gasteiger partial charge in [0.15, 0.2) is 0 Å². The lowest BCUT2D eigenvalue weighted by atomic mass is 9.98. The van der Waals surface area contributed by atoms with E-state index in [1.165, 1.54) is 16.6 Å². The molecule has 1 fully saturated rings. The summed E-state index contributed by atoms with van der Waals surface area (Å²) in [7, 11) is -3.72. The molecule has 0 radical (unpaired) electrons. The smallest absolute Gasteiger partial charge is 0.317 e. The van der Waals surface area contributed by atoms with E-state index in [9.17, 15) is 18.0 Å². The van der Waals surface area contributed by atoms with Crippen LogP contribution in [-0.2, 0) is 10.0 Å². The van der Waals surface area contributed by atoms with Gasteiger partial charge in [-0.05, 0) is 37.9 Å². The molecule has 0 atom stereocenters. The zero-order valence-electron chi connectivity index (χ0n) is 14.3. The SMILES string of the molecule is CCNCC1CCN(S(=O)(=O)c2cnc3[nH]c(=O)[nH]c(=O)c3c2)CC1.Cl. The second-order valence-corrected chi connectivity index (χ2v) is 8.07. The number of hydrogen-bond donors (Lipinski definition) is 3. The fourth-order valence-corrected chi connectivity index (χ4v) is 4.46. The molecule has 3 rings (SSSR count). The van der Waals surface area contributed by atoms with Crippen molar-refractivity contribution in [2.45, 2.75) is 24.7 Å². The maximum atomic E-state index is 12.8. The Kier molecular flexibility index (Phi) is 6.56. The molecule has 1 aliphatic heterocycles. The number of sulfonamides is 1. The topological polar surface area (TPSA) is 128 Å². The summed E-state index contributed by atoms with van der Waals surface area (Å²) in [6.07, 6.45) is 2.76. The number of fused-ring (bicyclic) bond motifs is 1. The van der Waals surface area contributed by atoms with Crippen molar-refractivity contribution in [2.24, 2.45) is 5.92 Å². The van der Waals surface area contributed by atoms with Crippen LogP contribution in [0.2, 0.25) is 0 Å². The van der Waals surface area contributed by atoms with E-state index in [0.29, 0.717) is 19.0 Å². The molecule has 0 unspecified atom stereocenters. The molecule has 2 aromatic heterocycles. The van der Waals surface area contributed by atoms with E-state index in [2.05, 4.69) is 20.3 Å². The van der Waals surface area contributed by atoms with Gasteiger partial charge in [0.05, 0.1) is 5.39 Å². The molecule has 1 saturated heterocycles. The maximum absolute atomic E-state index is 12.8. The zero-order valence-corrected chi connectivity index (χ0v) is 16.0. The third kappa shape index (κ3) is 4.14. The Bertz CT molecular complexity index is 979. The van der Waals surface area contributed by atoms with Crippen molar-refractivity contribution >= 4 is 33.5 Å². The summed E-state index contributed by atoms with van der Waals surface area (Å²) in [4.78, 5) is 31.5. The molecule has 2 aromatic rings. The fraction of sp³-hybridized carbons (Fsp3) is 0.533. The van der Waals surface area contributed by atoms with Crippen molar-refractivity contribution < 1.29 is 8.42 Å². The Hall–Kier alpha value is -1.75. The van der Waals surface area contributed by atoms with Gasteiger partial charge in [-0.2, -0.15) is 4.31 Å². The number of pyridine rings is 1. The zero-order chi connectivity index (χ0) is 18.0. The quantitative estimate of drug-likeness (QED) is 0.646. The molecule has 0 aliphatic carbocycles. The summed E-state index contributed by atoms with van der Waals surface area (Å²) in [6, 6.07) is 1.26. The Morgan fingerprint density at radius 2 is 1.96 bits per heavy atom. The van der Waals surface area contributed by atoms with Crippen LogP contribution in [-0.4, -0.2) is 53.9 Å². The molecule has 1 aliphatic rings. The van der Waals surface area contributed by atoms with Crippen LogP contribution >= 0.6 is 12.4 Å². The second kappa shape index (κ2) is 8.30. The first-order valence-electron chi connectivity index (χ1n) is 8.25. The van der Waals surface area contributed by atoms with Gasteiger partial charge < -0.3 is 5.32 Å². The van der Waals surface area contributed by atoms with Gasteiger partial charge in [-0.3, -0.25) is 14.8 Å². The van der Waals surface area contributed by atoms with Gasteiger partial charge >= 0.3 is 5.69 Å². The molecule has 0 bridgehead atoms. The number of nitrogens with one attached hydrogen (secondary N) is 3. The standard InChI is InChI=1S/C15H21N5O4S.ClH/c1-2-16-8-10-3-5-20(6-4-10)25(23,24)11-7-12-13(17-9-11)18-15(22)19-14(12)21;/h7,9-10,16H,2-6,8H2,1H3,(H2,17,18,19,21,22);1H. The van der Waals surface area contributed by atoms with Crippen molar-refractivity contribution in [3.63, 3.8) is 0 Å². The fourth-order valence-electron chi connectivity index (χ4n) is 3.02. The highest BCUT2D eigenvalue weighted by Gasteiger charge is 2.29. The van der Waals surface area contributed by atoms with E-state index in [4.69, 9.17) is 0 Å². The van der Waals surface area contributed by atoms with Gasteiger partial charge in [0.1, 0.15) is 10.5 Å². The van der Waals surface area contributed by atoms with Crippen molar-refractivity contribution in [3.05, 3.63) is 33.1 Å². The third-order valence-electron chi connectivity index (χ3n) is 4.46. The number of piperidine rings is 1. The van der Waals surface area contributed by atoms with E-state index in [0.717, 1.165) is 25.9 Å². The molecule has 0 amide bonds. The minimum absolute atomic E-state index is 0. The van der Waals surface area contributed by atoms with E-state index in [1.807, 2.05) is 6.92 Å². The molecule has 11 heteroatoms. The van der Waals surface area contributed by atoms with Gasteiger partial charge in [-0.15, -0.1) is 12.4 Å². The summed E-state index contributed by atoms with van der Waals surface area (Å²) >= 11 is 0. The number of hydrogen-bond acceptors (Lipinski definition) is 6. The van der Waals surface area contributed by atoms with Crippen LogP contribution in [0.1, 0.15) is 19.8 Å². The van der Waals surface area contributed by atoms with E-state index >= 15 is 0 Å². The average Bonchev–Trinajstić information content (AvgIpc) is 2.60. The van der Waals surface area contributed by atoms with Crippen LogP contribution in [0, 0.1) is 5.92 Å². The highest BCUT2D eigenvalue weighted by atomic mass is 35.5. The predicted molar refractivity (Wildman–Crippen MR) is 100 cm³/mol. The van der Waals surface area contributed by atoms with Crippen molar-refractivity contribution in [3.8, 4) is 0 Å². The molecule has 144 valence electrons. The summed E-state index contributed by atoms with van der Waals surface area (Å²) < 4.78 is 27.1. The lowest BCUT2D eigenvalue weighted by Gasteiger charge is -2.31. The Balaban J connectivity index is 0.00000243. The van der Waals surface area contributed by atoms with Crippen LogP contribution in [0.5, 0.6) is 0 Å². The lowest BCUT2D eigenvalue weighted by Crippen LogP contribution is -2.40. The number of nitrogens with zero attached hydrogens (tertiary/aromatic N) is 2. The van der Waals surface area contributed by atoms with Gasteiger partial charge in [-0.25, -0.2) is 18.2 Å². The molecule has 3 heterocycles. The summed E-state index contributed by atoms with van der Waals surface area (Å²) in [6.45, 7) is 4.72. The van der Waals surface area contributed by atoms with Gasteiger partial charge in [0.25, 0.3) is 5.56 Å². The van der Waals surface area contributed by atoms with Gasteiger partial charge in [0, 0.05) is 19.3 Å². The van der Waals surface area contributed by atoms with Gasteiger partial charge in [-0.1, -0.05) is 6.92 Å². The average molecular weight is 404 g/mol. The predicted octanol–water partition coefficient (Wildman–Crippen LogP) is 0.0434. The molecular formula is C15H22ClN5O4S. The molecule has 0 spiro atoms. The van der Waals surface area contributed by atoms with Crippen LogP contribution in [0.4, 0.5) is 0 Å². The lowest BCUT2D eigenvalue weighted by molar-refractivity contribution is 0.268. The Morgan fingerprint density at radius 3 is 2.62 bits per heavy atom. The highest BCUT2D eigenvalue weighted by molar-refractivity contribution is 7.89. The Morgan fingerprint density at radius 1 is 1.27 bits per heavy atom. The molecule has 3 N–H and O–H groups in total. The molecule has 26 heavy (non-hydrogen) atoms. The molecular weight excluding hydrogens is 382 g/mol. The van der Waals surface area contributed by atoms with E-state index in [1.54, 1.807) is 0 Å². The minimum Gasteiger partial charge on any atom is -0.317 e. The van der Waals surface area contributed by atoms with Crippen LogP contribution < -0.4 is 16.6 Å². The minimum atomic E-state index is -3.72. The first-order chi connectivity index (χ1) is 11.9. The summed E-state index contributed by atoms with van der Waals surface area (Å²) in [5.74, 6) is 0.467. The molecule has 9 nitrogen and oxygen atoms in total. The van der Waals surface area contributed by atoms with Gasteiger partial charge in [0.2, 0.25) is 10.0 Å². The van der Waals surface area contributed by atoms with Crippen LogP contribution in [0.3, 0.4) is 0 Å². The number of H-pyrrole nitrogens is 2. The number of rotatable bonds is 5. The van der Waals surface area contributed by atoms with Crippen molar-refractivity contribution in [1.82, 2.24) is 24.6 Å².